The lowest BCUT2D eigenvalue weighted by atomic mass is 9.91. The van der Waals surface area contributed by atoms with Gasteiger partial charge in [-0.1, -0.05) is 6.92 Å². The highest BCUT2D eigenvalue weighted by atomic mass is 16.7. The number of carbonyl (C=O) groups excluding carboxylic acids is 1. The summed E-state index contributed by atoms with van der Waals surface area (Å²) in [4.78, 5) is 10.8. The third-order valence-corrected chi connectivity index (χ3v) is 3.45. The summed E-state index contributed by atoms with van der Waals surface area (Å²) >= 11 is 0. The lowest BCUT2D eigenvalue weighted by Crippen LogP contribution is -2.55. The van der Waals surface area contributed by atoms with Crippen molar-refractivity contribution < 1.29 is 29.6 Å². The summed E-state index contributed by atoms with van der Waals surface area (Å²) in [6, 6.07) is 0. The number of rotatable bonds is 7. The Bertz CT molecular complexity index is 280. The first-order chi connectivity index (χ1) is 8.97. The van der Waals surface area contributed by atoms with Crippen LogP contribution >= 0.6 is 0 Å². The number of hydrogen-bond acceptors (Lipinski definition) is 6. The van der Waals surface area contributed by atoms with Crippen LogP contribution in [-0.4, -0.2) is 58.9 Å². The molecule has 0 amide bonds. The van der Waals surface area contributed by atoms with E-state index in [0.717, 1.165) is 6.42 Å². The molecule has 0 aliphatic carbocycles. The van der Waals surface area contributed by atoms with Gasteiger partial charge in [0.2, 0.25) is 0 Å². The average Bonchev–Trinajstić information content (AvgIpc) is 2.37. The SMILES string of the molecule is CC(=O)CCCCO[C@H]1OC(CO)[C@@H](C)C(O)C1O. The first-order valence-corrected chi connectivity index (χ1v) is 6.71. The minimum absolute atomic E-state index is 0.138. The summed E-state index contributed by atoms with van der Waals surface area (Å²) in [6.07, 6.45) is -1.65. The molecular formula is C13H24O6. The summed E-state index contributed by atoms with van der Waals surface area (Å²) < 4.78 is 10.8. The van der Waals surface area contributed by atoms with Crippen LogP contribution in [0.4, 0.5) is 0 Å². The highest BCUT2D eigenvalue weighted by molar-refractivity contribution is 5.75. The molecule has 1 rings (SSSR count). The highest BCUT2D eigenvalue weighted by Crippen LogP contribution is 2.26. The minimum Gasteiger partial charge on any atom is -0.394 e. The van der Waals surface area contributed by atoms with Crippen LogP contribution in [0.2, 0.25) is 0 Å². The number of aliphatic hydroxyl groups excluding tert-OH is 3. The largest absolute Gasteiger partial charge is 0.394 e. The molecule has 0 spiro atoms. The molecule has 0 radical (unpaired) electrons. The van der Waals surface area contributed by atoms with E-state index in [0.29, 0.717) is 19.4 Å². The normalized spacial score (nSPS) is 35.3. The Morgan fingerprint density at radius 3 is 2.53 bits per heavy atom. The van der Waals surface area contributed by atoms with E-state index in [-0.39, 0.29) is 18.3 Å². The predicted octanol–water partition coefficient (Wildman–Crippen LogP) is -0.163. The standard InChI is InChI=1S/C13H24O6/c1-8(15)5-3-4-6-18-13-12(17)11(16)9(2)10(7-14)19-13/h9-14,16-17H,3-7H2,1-2H3/t9-,10?,11?,12?,13+/m1/s1. The van der Waals surface area contributed by atoms with E-state index >= 15 is 0 Å². The van der Waals surface area contributed by atoms with Crippen molar-refractivity contribution in [2.45, 2.75) is 57.7 Å². The molecular weight excluding hydrogens is 252 g/mol. The maximum Gasteiger partial charge on any atom is 0.186 e. The topological polar surface area (TPSA) is 96.2 Å². The fourth-order valence-corrected chi connectivity index (χ4v) is 2.09. The second kappa shape index (κ2) is 7.91. The van der Waals surface area contributed by atoms with Gasteiger partial charge in [-0.3, -0.25) is 0 Å². The minimum atomic E-state index is -1.12. The maximum absolute atomic E-state index is 10.8. The summed E-state index contributed by atoms with van der Waals surface area (Å²) in [6.45, 7) is 3.36. The van der Waals surface area contributed by atoms with Crippen LogP contribution in [0, 0.1) is 5.92 Å². The zero-order valence-corrected chi connectivity index (χ0v) is 11.5. The zero-order valence-electron chi connectivity index (χ0n) is 11.5. The molecule has 6 nitrogen and oxygen atoms in total. The van der Waals surface area contributed by atoms with Crippen LogP contribution in [0.3, 0.4) is 0 Å². The van der Waals surface area contributed by atoms with E-state index in [1.54, 1.807) is 13.8 Å². The molecule has 3 N–H and O–H groups in total. The van der Waals surface area contributed by atoms with Crippen molar-refractivity contribution in [3.05, 3.63) is 0 Å². The summed E-state index contributed by atoms with van der Waals surface area (Å²) in [7, 11) is 0. The zero-order chi connectivity index (χ0) is 14.4. The van der Waals surface area contributed by atoms with Gasteiger partial charge in [-0.05, 0) is 19.8 Å². The van der Waals surface area contributed by atoms with E-state index in [1.165, 1.54) is 0 Å². The lowest BCUT2D eigenvalue weighted by molar-refractivity contribution is -0.288. The van der Waals surface area contributed by atoms with Gasteiger partial charge in [0.25, 0.3) is 0 Å². The molecule has 112 valence electrons. The molecule has 1 fully saturated rings. The molecule has 5 atom stereocenters. The van der Waals surface area contributed by atoms with Crippen LogP contribution in [0.25, 0.3) is 0 Å². The quantitative estimate of drug-likeness (QED) is 0.559. The van der Waals surface area contributed by atoms with Gasteiger partial charge >= 0.3 is 0 Å². The van der Waals surface area contributed by atoms with Gasteiger partial charge in [-0.25, -0.2) is 0 Å². The van der Waals surface area contributed by atoms with Crippen molar-refractivity contribution in [1.82, 2.24) is 0 Å². The number of ether oxygens (including phenoxy) is 2. The Kier molecular flexibility index (Phi) is 6.88. The van der Waals surface area contributed by atoms with Gasteiger partial charge in [-0.15, -0.1) is 0 Å². The van der Waals surface area contributed by atoms with Crippen molar-refractivity contribution in [3.8, 4) is 0 Å². The van der Waals surface area contributed by atoms with Gasteiger partial charge in [0, 0.05) is 18.9 Å². The number of unbranched alkanes of at least 4 members (excludes halogenated alkanes) is 1. The predicted molar refractivity (Wildman–Crippen MR) is 67.4 cm³/mol. The molecule has 0 aromatic carbocycles. The molecule has 1 heterocycles. The number of hydrogen-bond donors (Lipinski definition) is 3. The number of aliphatic hydroxyl groups is 3. The fourth-order valence-electron chi connectivity index (χ4n) is 2.09. The number of ketones is 1. The van der Waals surface area contributed by atoms with E-state index in [1.807, 2.05) is 0 Å². The van der Waals surface area contributed by atoms with Gasteiger partial charge < -0.3 is 29.6 Å². The van der Waals surface area contributed by atoms with Gasteiger partial charge in [0.1, 0.15) is 11.9 Å². The van der Waals surface area contributed by atoms with E-state index < -0.39 is 24.6 Å². The average molecular weight is 276 g/mol. The molecule has 0 aromatic rings. The first kappa shape index (κ1) is 16.5. The van der Waals surface area contributed by atoms with Crippen molar-refractivity contribution >= 4 is 5.78 Å². The van der Waals surface area contributed by atoms with Crippen LogP contribution in [0.1, 0.15) is 33.1 Å². The second-order valence-electron chi connectivity index (χ2n) is 5.10. The van der Waals surface area contributed by atoms with Crippen molar-refractivity contribution in [2.24, 2.45) is 5.92 Å². The second-order valence-corrected chi connectivity index (χ2v) is 5.10. The highest BCUT2D eigenvalue weighted by Gasteiger charge is 2.42. The Labute approximate surface area is 113 Å². The van der Waals surface area contributed by atoms with Crippen molar-refractivity contribution in [2.75, 3.05) is 13.2 Å². The summed E-state index contributed by atoms with van der Waals surface area (Å²) in [5, 5.41) is 28.8. The third kappa shape index (κ3) is 4.81. The van der Waals surface area contributed by atoms with E-state index in [4.69, 9.17) is 14.6 Å². The van der Waals surface area contributed by atoms with Crippen molar-refractivity contribution in [1.29, 1.82) is 0 Å². The molecule has 0 aromatic heterocycles. The van der Waals surface area contributed by atoms with Gasteiger partial charge in [0.05, 0.1) is 18.8 Å². The molecule has 0 bridgehead atoms. The molecule has 3 unspecified atom stereocenters. The molecule has 6 heteroatoms. The van der Waals surface area contributed by atoms with Gasteiger partial charge in [0.15, 0.2) is 6.29 Å². The monoisotopic (exact) mass is 276 g/mol. The van der Waals surface area contributed by atoms with Crippen molar-refractivity contribution in [3.63, 3.8) is 0 Å². The Balaban J connectivity index is 2.33. The number of carbonyl (C=O) groups is 1. The Hall–Kier alpha value is -0.530. The van der Waals surface area contributed by atoms with Gasteiger partial charge in [-0.2, -0.15) is 0 Å². The smallest absolute Gasteiger partial charge is 0.186 e. The molecule has 1 saturated heterocycles. The number of Topliss-reactive ketones (excluding diaryl/α,β-unsaturated/α-hetero) is 1. The molecule has 0 saturated carbocycles. The molecule has 19 heavy (non-hydrogen) atoms. The first-order valence-electron chi connectivity index (χ1n) is 6.71. The van der Waals surface area contributed by atoms with E-state index in [2.05, 4.69) is 0 Å². The molecule has 1 aliphatic heterocycles. The van der Waals surface area contributed by atoms with Crippen LogP contribution in [0.5, 0.6) is 0 Å². The Morgan fingerprint density at radius 2 is 1.95 bits per heavy atom. The Morgan fingerprint density at radius 1 is 1.26 bits per heavy atom. The maximum atomic E-state index is 10.8. The summed E-state index contributed by atoms with van der Waals surface area (Å²) in [5.41, 5.74) is 0. The summed E-state index contributed by atoms with van der Waals surface area (Å²) in [5.74, 6) is -0.212. The van der Waals surface area contributed by atoms with Crippen LogP contribution in [0.15, 0.2) is 0 Å². The van der Waals surface area contributed by atoms with E-state index in [9.17, 15) is 15.0 Å². The fraction of sp³-hybridized carbons (Fsp3) is 0.923. The third-order valence-electron chi connectivity index (χ3n) is 3.45. The van der Waals surface area contributed by atoms with Crippen LogP contribution < -0.4 is 0 Å². The van der Waals surface area contributed by atoms with Crippen LogP contribution in [-0.2, 0) is 14.3 Å². The lowest BCUT2D eigenvalue weighted by Gasteiger charge is -2.40. The molecule has 1 aliphatic rings.